The first-order chi connectivity index (χ1) is 16.2. The largest absolute Gasteiger partial charge is 2.00 e. The Morgan fingerprint density at radius 3 is 1.69 bits per heavy atom. The second-order valence-corrected chi connectivity index (χ2v) is 8.61. The minimum atomic E-state index is 0. The van der Waals surface area contributed by atoms with Crippen LogP contribution >= 0.6 is 0 Å². The molecular weight excluding hydrogens is 615 g/mol. The molecule has 0 amide bonds. The molecule has 0 spiro atoms. The molecule has 0 unspecified atom stereocenters. The van der Waals surface area contributed by atoms with Crippen LogP contribution in [0.1, 0.15) is 39.5 Å². The number of nitrogens with zero attached hydrogens (tertiary/aromatic N) is 4. The quantitative estimate of drug-likeness (QED) is 0.248. The average Bonchev–Trinajstić information content (AvgIpc) is 3.51. The minimum Gasteiger partial charge on any atom is -0.500 e. The monoisotopic (exact) mass is 649 g/mol. The van der Waals surface area contributed by atoms with Crippen LogP contribution in [0.3, 0.4) is 0 Å². The molecule has 2 N–H and O–H groups in total. The van der Waals surface area contributed by atoms with Gasteiger partial charge in [0.2, 0.25) is 0 Å². The Bertz CT molecular complexity index is 1130. The molecule has 6 nitrogen and oxygen atoms in total. The van der Waals surface area contributed by atoms with Gasteiger partial charge < -0.3 is 9.80 Å². The van der Waals surface area contributed by atoms with Crippen LogP contribution in [0.25, 0.3) is 0 Å². The van der Waals surface area contributed by atoms with Gasteiger partial charge in [-0.15, -0.1) is 12.4 Å². The number of benzene rings is 2. The molecule has 5 rings (SSSR count). The Labute approximate surface area is 223 Å². The average molecular weight is 650 g/mol. The summed E-state index contributed by atoms with van der Waals surface area (Å²) in [5.74, 6) is 0. The van der Waals surface area contributed by atoms with Crippen molar-refractivity contribution in [1.29, 1.82) is 0 Å². The zero-order chi connectivity index (χ0) is 24.7. The fourth-order valence-electron chi connectivity index (χ4n) is 3.86. The molecule has 0 bridgehead atoms. The molecule has 0 aliphatic carbocycles. The first kappa shape index (κ1) is 28.1. The van der Waals surface area contributed by atoms with Gasteiger partial charge in [-0.25, -0.2) is 0 Å². The van der Waals surface area contributed by atoms with E-state index in [1.165, 1.54) is 22.4 Å². The topological polar surface area (TPSA) is 63.8 Å². The number of hydrogen-bond donors (Lipinski definition) is 2. The molecule has 4 aromatic rings. The maximum atomic E-state index is 3.89. The number of para-hydroxylation sites is 1. The van der Waals surface area contributed by atoms with Crippen molar-refractivity contribution in [2.45, 2.75) is 48.5 Å². The fourth-order valence-corrected chi connectivity index (χ4v) is 3.86. The summed E-state index contributed by atoms with van der Waals surface area (Å²) >= 11 is 0. The van der Waals surface area contributed by atoms with Crippen LogP contribution in [0.2, 0.25) is 0 Å². The van der Waals surface area contributed by atoms with Crippen molar-refractivity contribution in [3.05, 3.63) is 113 Å². The molecule has 0 atom stereocenters. The van der Waals surface area contributed by atoms with Gasteiger partial charge in [0.15, 0.2) is 0 Å². The molecule has 7 heteroatoms. The van der Waals surface area contributed by atoms with Crippen molar-refractivity contribution in [2.75, 3.05) is 9.80 Å². The van der Waals surface area contributed by atoms with Crippen molar-refractivity contribution in [2.24, 2.45) is 0 Å². The molecular formula is C28H34N6Pt. The number of hydrogen-bond acceptors (Lipinski definition) is 4. The minimum absolute atomic E-state index is 0. The van der Waals surface area contributed by atoms with Crippen LogP contribution in [0.4, 0.5) is 11.4 Å². The fraction of sp³-hybridized carbons (Fsp3) is 0.250. The number of aromatic nitrogens is 4. The van der Waals surface area contributed by atoms with Crippen molar-refractivity contribution >= 4 is 11.4 Å². The predicted octanol–water partition coefficient (Wildman–Crippen LogP) is 6.38. The summed E-state index contributed by atoms with van der Waals surface area (Å²) in [5, 5.41) is 13.4. The van der Waals surface area contributed by atoms with E-state index in [0.29, 0.717) is 0 Å². The van der Waals surface area contributed by atoms with E-state index in [9.17, 15) is 0 Å². The van der Waals surface area contributed by atoms with Crippen LogP contribution in [0.15, 0.2) is 60.9 Å². The van der Waals surface area contributed by atoms with Crippen LogP contribution in [0.5, 0.6) is 0 Å². The van der Waals surface area contributed by atoms with E-state index in [1.54, 1.807) is 0 Å². The van der Waals surface area contributed by atoms with Crippen molar-refractivity contribution in [3.63, 3.8) is 0 Å². The number of rotatable bonds is 2. The standard InChI is InChI=1S/C18H18N2.2C5H8N2.Pt/c1-14-11-15(2)18(16(3)12-14)20-10-9-19(13-20)17-7-5-4-6-8-17;2*1-4-3-5(2)7-6-4;/h4-7,9-13H,1-3H3;2*3H,1-2H3,(H,6,7);/q-2;;;+2. The summed E-state index contributed by atoms with van der Waals surface area (Å²) in [7, 11) is 0. The number of aryl methyl sites for hydroxylation is 7. The molecule has 0 saturated heterocycles. The summed E-state index contributed by atoms with van der Waals surface area (Å²) in [6, 6.07) is 19.7. The van der Waals surface area contributed by atoms with Gasteiger partial charge in [-0.2, -0.15) is 40.5 Å². The molecule has 35 heavy (non-hydrogen) atoms. The van der Waals surface area contributed by atoms with E-state index in [-0.39, 0.29) is 21.1 Å². The van der Waals surface area contributed by atoms with Gasteiger partial charge in [0, 0.05) is 17.1 Å². The third-order valence-electron chi connectivity index (χ3n) is 5.17. The van der Waals surface area contributed by atoms with Gasteiger partial charge >= 0.3 is 21.1 Å². The third kappa shape index (κ3) is 8.25. The number of nitrogens with one attached hydrogen (secondary N) is 2. The molecule has 1 aliphatic heterocycles. The Kier molecular flexibility index (Phi) is 10.5. The van der Waals surface area contributed by atoms with E-state index in [4.69, 9.17) is 0 Å². The smallest absolute Gasteiger partial charge is 0.500 e. The number of anilines is 2. The summed E-state index contributed by atoms with van der Waals surface area (Å²) in [6.45, 7) is 16.4. The van der Waals surface area contributed by atoms with Crippen molar-refractivity contribution < 1.29 is 21.1 Å². The van der Waals surface area contributed by atoms with Gasteiger partial charge in [0.1, 0.15) is 0 Å². The summed E-state index contributed by atoms with van der Waals surface area (Å²) in [4.78, 5) is 4.25. The van der Waals surface area contributed by atoms with Gasteiger partial charge in [-0.3, -0.25) is 10.2 Å². The molecule has 2 aromatic carbocycles. The Hall–Kier alpha value is -3.11. The van der Waals surface area contributed by atoms with Crippen molar-refractivity contribution in [3.8, 4) is 0 Å². The molecule has 0 saturated carbocycles. The summed E-state index contributed by atoms with van der Waals surface area (Å²) in [5.41, 5.74) is 10.5. The number of aromatic amines is 2. The molecule has 186 valence electrons. The first-order valence-electron chi connectivity index (χ1n) is 11.3. The van der Waals surface area contributed by atoms with Crippen LogP contribution in [0, 0.1) is 61.2 Å². The van der Waals surface area contributed by atoms with E-state index in [2.05, 4.69) is 94.3 Å². The molecule has 2 aromatic heterocycles. The molecule has 0 fully saturated rings. The van der Waals surface area contributed by atoms with Crippen LogP contribution in [-0.4, -0.2) is 20.4 Å². The van der Waals surface area contributed by atoms with E-state index in [0.717, 1.165) is 28.5 Å². The molecule has 3 heterocycles. The number of H-pyrrole nitrogens is 2. The Balaban J connectivity index is 0.000000236. The van der Waals surface area contributed by atoms with Gasteiger partial charge in [0.25, 0.3) is 0 Å². The molecule has 0 radical (unpaired) electrons. The summed E-state index contributed by atoms with van der Waals surface area (Å²) < 4.78 is 0. The van der Waals surface area contributed by atoms with Crippen molar-refractivity contribution in [1.82, 2.24) is 20.4 Å². The SMILES string of the molecule is Cc1cc(C)[nH]n1.Cc1cc(C)[nH]n1.Cc1cc(C)c(N2C=CN(c3[c-]cccc3)[CH-]2)c(C)c1.[Pt+2]. The van der Waals surface area contributed by atoms with Crippen LogP contribution in [-0.2, 0) is 21.1 Å². The van der Waals surface area contributed by atoms with Gasteiger partial charge in [-0.05, 0) is 84.1 Å². The van der Waals surface area contributed by atoms with Crippen LogP contribution < -0.4 is 9.80 Å². The van der Waals surface area contributed by atoms with E-state index >= 15 is 0 Å². The Morgan fingerprint density at radius 2 is 1.29 bits per heavy atom. The zero-order valence-corrected chi connectivity index (χ0v) is 23.7. The predicted molar refractivity (Wildman–Crippen MR) is 140 cm³/mol. The second kappa shape index (κ2) is 13.1. The first-order valence-corrected chi connectivity index (χ1v) is 11.3. The maximum Gasteiger partial charge on any atom is 2.00 e. The van der Waals surface area contributed by atoms with Gasteiger partial charge in [-0.1, -0.05) is 17.7 Å². The second-order valence-electron chi connectivity index (χ2n) is 8.61. The maximum absolute atomic E-state index is 3.89. The summed E-state index contributed by atoms with van der Waals surface area (Å²) in [6.07, 6.45) is 4.15. The van der Waals surface area contributed by atoms with E-state index in [1.807, 2.05) is 58.0 Å². The Morgan fingerprint density at radius 1 is 0.743 bits per heavy atom. The zero-order valence-electron chi connectivity index (χ0n) is 21.5. The normalized spacial score (nSPS) is 11.9. The molecule has 1 aliphatic rings. The third-order valence-corrected chi connectivity index (χ3v) is 5.17. The van der Waals surface area contributed by atoms with E-state index < -0.39 is 0 Å². The van der Waals surface area contributed by atoms with Gasteiger partial charge in [0.05, 0.1) is 11.4 Å².